The number of hydrogen-bond donors (Lipinski definition) is 6. The summed E-state index contributed by atoms with van der Waals surface area (Å²) in [7, 11) is 0. The molecule has 41 heavy (non-hydrogen) atoms. The molecule has 2 aromatic heterocycles. The highest BCUT2D eigenvalue weighted by atomic mass is 19.4. The van der Waals surface area contributed by atoms with Gasteiger partial charge in [-0.2, -0.15) is 18.2 Å². The fourth-order valence-electron chi connectivity index (χ4n) is 4.40. The number of nitrogens with one attached hydrogen (secondary N) is 2. The molecule has 1 atom stereocenters. The Bertz CT molecular complexity index is 1560. The van der Waals surface area contributed by atoms with Gasteiger partial charge in [0, 0.05) is 30.4 Å². The summed E-state index contributed by atoms with van der Waals surface area (Å²) in [5.74, 6) is 0.0676. The number of aromatic nitrogens is 3. The Kier molecular flexibility index (Phi) is 9.42. The molecular weight excluding hydrogens is 537 g/mol. The lowest BCUT2D eigenvalue weighted by atomic mass is 9.97. The fourth-order valence-corrected chi connectivity index (χ4v) is 4.40. The first-order chi connectivity index (χ1) is 19.5. The minimum atomic E-state index is -4.61. The van der Waals surface area contributed by atoms with E-state index >= 15 is 0 Å². The maximum Gasteiger partial charge on any atom is 0.416 e. The van der Waals surface area contributed by atoms with Crippen LogP contribution in [0.2, 0.25) is 0 Å². The predicted molar refractivity (Wildman–Crippen MR) is 152 cm³/mol. The molecule has 4 aromatic rings. The minimum absolute atomic E-state index is 0.0676. The molecule has 0 fully saturated rings. The molecule has 13 heteroatoms. The molecule has 0 saturated heterocycles. The smallest absolute Gasteiger partial charge is 0.388 e. The Hall–Kier alpha value is -4.20. The topological polar surface area (TPSA) is 173 Å². The Morgan fingerprint density at radius 1 is 1.12 bits per heavy atom. The van der Waals surface area contributed by atoms with Gasteiger partial charge in [-0.1, -0.05) is 12.1 Å². The third-order valence-corrected chi connectivity index (χ3v) is 6.52. The average Bonchev–Trinajstić information content (AvgIpc) is 3.35. The van der Waals surface area contributed by atoms with E-state index in [1.165, 1.54) is 10.6 Å². The van der Waals surface area contributed by atoms with Crippen molar-refractivity contribution in [3.05, 3.63) is 81.9 Å². The molecular formula is C28H33F3N8O2. The van der Waals surface area contributed by atoms with E-state index in [1.54, 1.807) is 24.4 Å². The summed E-state index contributed by atoms with van der Waals surface area (Å²) in [5.41, 5.74) is 17.2. The number of H-pyrrole nitrogens is 1. The Morgan fingerprint density at radius 2 is 1.88 bits per heavy atom. The molecule has 2 aromatic carbocycles. The number of halogens is 3. The van der Waals surface area contributed by atoms with Gasteiger partial charge >= 0.3 is 11.9 Å². The number of benzene rings is 2. The van der Waals surface area contributed by atoms with Crippen molar-refractivity contribution in [2.24, 2.45) is 22.2 Å². The monoisotopic (exact) mass is 570 g/mol. The first-order valence-electron chi connectivity index (χ1n) is 13.1. The van der Waals surface area contributed by atoms with Crippen LogP contribution in [0.5, 0.6) is 0 Å². The summed E-state index contributed by atoms with van der Waals surface area (Å²) in [4.78, 5) is 23.8. The number of nitrogens with two attached hydrogens (primary N) is 3. The van der Waals surface area contributed by atoms with E-state index in [4.69, 9.17) is 17.2 Å². The number of guanidine groups is 1. The second-order valence-electron chi connectivity index (χ2n) is 9.67. The quantitative estimate of drug-likeness (QED) is 0.0863. The Morgan fingerprint density at radius 3 is 2.56 bits per heavy atom. The zero-order chi connectivity index (χ0) is 29.6. The standard InChI is InChI=1S/C28H33F3N8O2/c29-28(30,31)21-12-18(11-19(13-21)24(40)3-1-8-32)23-14-20-16-39(27(41)38-25(20)37-23)22-6-4-17(5-7-22)15-35-9-2-10-36-26(33)34/h4-7,11-14,16,24,35,40H,1-3,8-10,15,32H2,(H4,33,34,36)(H,37,38,41). The van der Waals surface area contributed by atoms with Crippen molar-refractivity contribution in [2.45, 2.75) is 38.1 Å². The second kappa shape index (κ2) is 13.0. The number of aliphatic imine (C=N–C) groups is 1. The van der Waals surface area contributed by atoms with Crippen molar-refractivity contribution < 1.29 is 18.3 Å². The molecule has 1 unspecified atom stereocenters. The van der Waals surface area contributed by atoms with Gasteiger partial charge in [0.1, 0.15) is 5.65 Å². The van der Waals surface area contributed by atoms with E-state index in [2.05, 4.69) is 20.3 Å². The van der Waals surface area contributed by atoms with Crippen molar-refractivity contribution >= 4 is 17.0 Å². The van der Waals surface area contributed by atoms with Crippen LogP contribution in [0, 0.1) is 0 Å². The van der Waals surface area contributed by atoms with E-state index in [0.29, 0.717) is 42.8 Å². The Labute approximate surface area is 234 Å². The molecule has 0 radical (unpaired) electrons. The summed E-state index contributed by atoms with van der Waals surface area (Å²) in [5, 5.41) is 14.3. The molecule has 0 aliphatic heterocycles. The maximum atomic E-state index is 13.7. The second-order valence-corrected chi connectivity index (χ2v) is 9.67. The third kappa shape index (κ3) is 7.72. The first kappa shape index (κ1) is 29.8. The third-order valence-electron chi connectivity index (χ3n) is 6.52. The van der Waals surface area contributed by atoms with Crippen LogP contribution in [0.3, 0.4) is 0 Å². The number of aromatic amines is 1. The van der Waals surface area contributed by atoms with Crippen molar-refractivity contribution in [1.29, 1.82) is 0 Å². The van der Waals surface area contributed by atoms with Crippen LogP contribution < -0.4 is 28.2 Å². The largest absolute Gasteiger partial charge is 0.416 e. The number of aliphatic hydroxyl groups excluding tert-OH is 1. The van der Waals surface area contributed by atoms with E-state index in [0.717, 1.165) is 30.7 Å². The van der Waals surface area contributed by atoms with Crippen LogP contribution >= 0.6 is 0 Å². The van der Waals surface area contributed by atoms with Gasteiger partial charge in [-0.3, -0.25) is 9.56 Å². The molecule has 0 spiro atoms. The van der Waals surface area contributed by atoms with E-state index in [-0.39, 0.29) is 29.2 Å². The summed E-state index contributed by atoms with van der Waals surface area (Å²) < 4.78 is 42.4. The average molecular weight is 571 g/mol. The highest BCUT2D eigenvalue weighted by molar-refractivity contribution is 5.83. The molecule has 0 bridgehead atoms. The Balaban J connectivity index is 1.57. The normalized spacial score (nSPS) is 12.5. The molecule has 10 nitrogen and oxygen atoms in total. The summed E-state index contributed by atoms with van der Waals surface area (Å²) in [6.07, 6.45) is -2.63. The number of nitrogens with zero attached hydrogens (tertiary/aromatic N) is 3. The van der Waals surface area contributed by atoms with Crippen molar-refractivity contribution in [3.63, 3.8) is 0 Å². The highest BCUT2D eigenvalue weighted by Gasteiger charge is 2.32. The predicted octanol–water partition coefficient (Wildman–Crippen LogP) is 2.93. The van der Waals surface area contributed by atoms with Crippen LogP contribution in [-0.2, 0) is 12.7 Å². The van der Waals surface area contributed by atoms with Crippen LogP contribution in [0.25, 0.3) is 28.0 Å². The summed E-state index contributed by atoms with van der Waals surface area (Å²) in [6, 6.07) is 12.4. The van der Waals surface area contributed by atoms with E-state index < -0.39 is 23.5 Å². The summed E-state index contributed by atoms with van der Waals surface area (Å²) >= 11 is 0. The molecule has 4 rings (SSSR count). The van der Waals surface area contributed by atoms with Gasteiger partial charge < -0.3 is 32.6 Å². The van der Waals surface area contributed by atoms with E-state index in [1.807, 2.05) is 12.1 Å². The fraction of sp³-hybridized carbons (Fsp3) is 0.321. The van der Waals surface area contributed by atoms with Crippen LogP contribution in [0.4, 0.5) is 13.2 Å². The highest BCUT2D eigenvalue weighted by Crippen LogP contribution is 2.36. The lowest BCUT2D eigenvalue weighted by Crippen LogP contribution is -2.23. The number of rotatable bonds is 12. The lowest BCUT2D eigenvalue weighted by Gasteiger charge is -2.15. The van der Waals surface area contributed by atoms with Gasteiger partial charge in [0.2, 0.25) is 0 Å². The molecule has 0 aliphatic carbocycles. The number of fused-ring (bicyclic) bond motifs is 1. The minimum Gasteiger partial charge on any atom is -0.388 e. The van der Waals surface area contributed by atoms with Crippen LogP contribution in [0.15, 0.2) is 64.5 Å². The molecule has 0 saturated carbocycles. The zero-order valence-electron chi connectivity index (χ0n) is 22.3. The summed E-state index contributed by atoms with van der Waals surface area (Å²) in [6.45, 7) is 2.21. The maximum absolute atomic E-state index is 13.7. The van der Waals surface area contributed by atoms with Gasteiger partial charge in [-0.15, -0.1) is 0 Å². The van der Waals surface area contributed by atoms with Crippen LogP contribution in [-0.4, -0.2) is 45.2 Å². The molecule has 218 valence electrons. The first-order valence-corrected chi connectivity index (χ1v) is 13.1. The van der Waals surface area contributed by atoms with Crippen LogP contribution in [0.1, 0.15) is 42.1 Å². The van der Waals surface area contributed by atoms with Gasteiger partial charge in [0.15, 0.2) is 5.96 Å². The number of aliphatic hydroxyl groups is 1. The molecule has 0 amide bonds. The van der Waals surface area contributed by atoms with Crippen molar-refractivity contribution in [1.82, 2.24) is 19.9 Å². The van der Waals surface area contributed by atoms with E-state index in [9.17, 15) is 23.1 Å². The van der Waals surface area contributed by atoms with Gasteiger partial charge in [0.25, 0.3) is 0 Å². The molecule has 2 heterocycles. The lowest BCUT2D eigenvalue weighted by molar-refractivity contribution is -0.137. The van der Waals surface area contributed by atoms with Gasteiger partial charge in [0.05, 0.1) is 17.4 Å². The molecule has 9 N–H and O–H groups in total. The van der Waals surface area contributed by atoms with Crippen molar-refractivity contribution in [3.8, 4) is 16.9 Å². The van der Waals surface area contributed by atoms with Crippen molar-refractivity contribution in [2.75, 3.05) is 19.6 Å². The van der Waals surface area contributed by atoms with Gasteiger partial charge in [-0.05, 0) is 85.4 Å². The molecule has 0 aliphatic rings. The number of alkyl halides is 3. The number of hydrogen-bond acceptors (Lipinski definition) is 6. The van der Waals surface area contributed by atoms with Gasteiger partial charge in [-0.25, -0.2) is 4.79 Å². The zero-order valence-corrected chi connectivity index (χ0v) is 22.3. The SMILES string of the molecule is NCCCC(O)c1cc(-c2cc3cn(-c4ccc(CNCCCN=C(N)N)cc4)c(=O)nc3[nH]2)cc(C(F)(F)F)c1.